The van der Waals surface area contributed by atoms with Gasteiger partial charge in [0.25, 0.3) is 0 Å². The molecule has 0 rings (SSSR count). The summed E-state index contributed by atoms with van der Waals surface area (Å²) in [5.41, 5.74) is 0. The molecule has 0 saturated carbocycles. The molecule has 0 unspecified atom stereocenters. The Balaban J connectivity index is -0.00000000471. The predicted molar refractivity (Wildman–Crippen MR) is 46.1 cm³/mol. The Bertz CT molecular complexity index is 329. The fourth-order valence-corrected chi connectivity index (χ4v) is 2.82. The molecule has 0 aromatic heterocycles. The minimum absolute atomic E-state index is 0. The van der Waals surface area contributed by atoms with Crippen molar-refractivity contribution in [2.45, 2.75) is 0 Å². The second kappa shape index (κ2) is 33.0. The molecule has 0 heterocycles. The van der Waals surface area contributed by atoms with Gasteiger partial charge < -0.3 is 37.3 Å². The summed E-state index contributed by atoms with van der Waals surface area (Å²) in [7, 11) is -16.2. The van der Waals surface area contributed by atoms with Crippen LogP contribution in [0.4, 0.5) is 0 Å². The fourth-order valence-electron chi connectivity index (χ4n) is 0.284. The summed E-state index contributed by atoms with van der Waals surface area (Å²) in [5.74, 6) is 0. The Kier molecular flexibility index (Phi) is 96.3. The molecule has 0 radical (unpaired) electrons. The van der Waals surface area contributed by atoms with Crippen LogP contribution in [0.25, 0.3) is 0 Å². The Morgan fingerprint density at radius 3 is 0.773 bits per heavy atom. The van der Waals surface area contributed by atoms with Crippen LogP contribution in [0.3, 0.4) is 0 Å². The summed E-state index contributed by atoms with van der Waals surface area (Å²) in [6.45, 7) is 0. The first-order chi connectivity index (χ1) is 5.41. The van der Waals surface area contributed by atoms with E-state index >= 15 is 0 Å². The molecular weight excluding hydrogens is 524 g/mol. The summed E-state index contributed by atoms with van der Waals surface area (Å²) in [6, 6.07) is 0. The molecule has 0 atom stereocenters. The van der Waals surface area contributed by atoms with Crippen LogP contribution in [-0.4, -0.2) is 24.5 Å². The molecule has 22 heavy (non-hydrogen) atoms. The van der Waals surface area contributed by atoms with Crippen molar-refractivity contribution in [2.24, 2.45) is 0 Å². The van der Waals surface area contributed by atoms with Crippen molar-refractivity contribution in [3.8, 4) is 0 Å². The van der Waals surface area contributed by atoms with E-state index in [1.54, 1.807) is 0 Å². The maximum absolute atomic E-state index is 10.4. The van der Waals surface area contributed by atoms with Gasteiger partial charge in [0.05, 0.1) is 0 Å². The topological polar surface area (TPSA) is 171 Å². The average Bonchev–Trinajstić information content (AvgIpc) is 1.43. The van der Waals surface area contributed by atoms with Crippen LogP contribution in [0.2, 0.25) is 0 Å². The predicted octanol–water partition coefficient (Wildman–Crippen LogP) is -26.6. The SMILES string of the molecule is O=P(O)(O)OP(=O)(O)OP(=O)(O)O.[H-].[H-].[H-].[H-].[H-].[H-].[H-].[H-].[H-].[K+].[K+].[K+].[K+].[Na+].[Na+].[Na+].[Na+].[Na+]. The Morgan fingerprint density at radius 1 is 0.545 bits per heavy atom. The molecule has 0 saturated heterocycles. The third-order valence-electron chi connectivity index (χ3n) is 0.419. The summed E-state index contributed by atoms with van der Waals surface area (Å²) in [6.07, 6.45) is 0. The molecule has 98 valence electrons. The standard InChI is InChI=1S/4K.5Na.H5O10P3.9H/c;;;;;;;;;1-11(2,3)9-13(7,8)10-12(4,5)6;;;;;;;;;/h;;;;;;;;;(H,7,8)(H2,1,2,3)(H2,4,5,6);;;;;;;;;/q9*+1;;9*-1. The molecule has 5 N–H and O–H groups in total. The van der Waals surface area contributed by atoms with Crippen LogP contribution in [0.5, 0.6) is 0 Å². The first kappa shape index (κ1) is 64.3. The second-order valence-electron chi connectivity index (χ2n) is 1.61. The molecule has 0 bridgehead atoms. The normalized spacial score (nSPS) is 8.59. The largest absolute Gasteiger partial charge is 1.00 e. The molecule has 0 aliphatic rings. The number of hydrogen-bond donors (Lipinski definition) is 5. The summed E-state index contributed by atoms with van der Waals surface area (Å²) < 4.78 is 36.4. The molecule has 0 aromatic rings. The smallest absolute Gasteiger partial charge is 1.00 e. The zero-order chi connectivity index (χ0) is 10.9. The van der Waals surface area contributed by atoms with Crippen LogP contribution >= 0.6 is 23.5 Å². The molecule has 0 aliphatic heterocycles. The van der Waals surface area contributed by atoms with Gasteiger partial charge in [0.1, 0.15) is 0 Å². The van der Waals surface area contributed by atoms with Crippen molar-refractivity contribution >= 4 is 23.5 Å². The molecule has 0 aliphatic carbocycles. The van der Waals surface area contributed by atoms with Gasteiger partial charge in [-0.25, -0.2) is 13.7 Å². The minimum Gasteiger partial charge on any atom is -1.00 e. The maximum atomic E-state index is 10.4. The van der Waals surface area contributed by atoms with E-state index in [0.29, 0.717) is 0 Å². The second-order valence-corrected chi connectivity index (χ2v) is 5.82. The Labute approximate surface area is 422 Å². The van der Waals surface area contributed by atoms with Crippen molar-refractivity contribution in [3.05, 3.63) is 0 Å². The molecule has 0 spiro atoms. The number of phosphoric acid groups is 3. The summed E-state index contributed by atoms with van der Waals surface area (Å²) in [5, 5.41) is 0. The van der Waals surface area contributed by atoms with Crippen LogP contribution in [0, 0.1) is 0 Å². The third-order valence-corrected chi connectivity index (χ3v) is 3.77. The maximum Gasteiger partial charge on any atom is 1.00 e. The van der Waals surface area contributed by atoms with Crippen molar-refractivity contribution < 1.29 is 413 Å². The van der Waals surface area contributed by atoms with Crippen molar-refractivity contribution in [2.75, 3.05) is 0 Å². The first-order valence-electron chi connectivity index (χ1n) is 2.28. The van der Waals surface area contributed by atoms with Gasteiger partial charge in [0, 0.05) is 0 Å². The van der Waals surface area contributed by atoms with Crippen LogP contribution < -0.4 is 353 Å². The third kappa shape index (κ3) is 53.4. The van der Waals surface area contributed by atoms with Crippen molar-refractivity contribution in [1.29, 1.82) is 0 Å². The van der Waals surface area contributed by atoms with Crippen LogP contribution in [0.15, 0.2) is 0 Å². The van der Waals surface area contributed by atoms with Gasteiger partial charge in [-0.3, -0.25) is 0 Å². The quantitative estimate of drug-likeness (QED) is 0.171. The van der Waals surface area contributed by atoms with E-state index in [-0.39, 0.29) is 366 Å². The van der Waals surface area contributed by atoms with E-state index in [2.05, 4.69) is 8.62 Å². The van der Waals surface area contributed by atoms with E-state index < -0.39 is 23.5 Å². The molecule has 0 amide bonds. The number of rotatable bonds is 4. The van der Waals surface area contributed by atoms with E-state index in [0.717, 1.165) is 0 Å². The van der Waals surface area contributed by atoms with Gasteiger partial charge in [-0.15, -0.1) is 0 Å². The van der Waals surface area contributed by atoms with E-state index in [1.807, 2.05) is 0 Å². The van der Waals surface area contributed by atoms with Gasteiger partial charge in [0.2, 0.25) is 0 Å². The molecule has 0 aromatic carbocycles. The average molecular weight is 538 g/mol. The van der Waals surface area contributed by atoms with E-state index in [1.165, 1.54) is 0 Å². The Morgan fingerprint density at radius 2 is 0.682 bits per heavy atom. The van der Waals surface area contributed by atoms with Gasteiger partial charge >= 0.3 is 377 Å². The number of hydrogen-bond acceptors (Lipinski definition) is 5. The van der Waals surface area contributed by atoms with Gasteiger partial charge in [-0.1, -0.05) is 0 Å². The summed E-state index contributed by atoms with van der Waals surface area (Å²) >= 11 is 0. The zero-order valence-corrected chi connectivity index (χ0v) is 39.8. The Hall–Kier alpha value is 12.0. The monoisotopic (exact) mass is 538 g/mol. The molecular formula is H14K4Na5O10P3. The van der Waals surface area contributed by atoms with Crippen LogP contribution in [-0.2, 0) is 22.3 Å². The fraction of sp³-hybridized carbons (Fsp3) is 0. The summed E-state index contributed by atoms with van der Waals surface area (Å²) in [4.78, 5) is 40.2. The van der Waals surface area contributed by atoms with Crippen molar-refractivity contribution in [3.63, 3.8) is 0 Å². The van der Waals surface area contributed by atoms with E-state index in [9.17, 15) is 13.7 Å². The van der Waals surface area contributed by atoms with Gasteiger partial charge in [-0.05, 0) is 0 Å². The van der Waals surface area contributed by atoms with E-state index in [4.69, 9.17) is 24.5 Å². The minimum atomic E-state index is -5.46. The van der Waals surface area contributed by atoms with Crippen molar-refractivity contribution in [1.82, 2.24) is 0 Å². The first-order valence-corrected chi connectivity index (χ1v) is 6.83. The van der Waals surface area contributed by atoms with Crippen LogP contribution in [0.1, 0.15) is 12.8 Å². The molecule has 0 fully saturated rings. The van der Waals surface area contributed by atoms with Gasteiger partial charge in [-0.2, -0.15) is 8.62 Å². The molecule has 10 nitrogen and oxygen atoms in total. The zero-order valence-electron chi connectivity index (χ0n) is 23.6. The molecule has 22 heteroatoms. The van der Waals surface area contributed by atoms with Gasteiger partial charge in [0.15, 0.2) is 0 Å².